The van der Waals surface area contributed by atoms with Crippen molar-refractivity contribution < 1.29 is 0 Å². The van der Waals surface area contributed by atoms with E-state index in [1.807, 2.05) is 0 Å². The number of rotatable bonds is 3. The first-order chi connectivity index (χ1) is 10.1. The molecule has 1 saturated heterocycles. The summed E-state index contributed by atoms with van der Waals surface area (Å²) in [5.41, 5.74) is 0.474. The average molecular weight is 311 g/mol. The predicted octanol–water partition coefficient (Wildman–Crippen LogP) is 3.90. The zero-order chi connectivity index (χ0) is 14.9. The molecular formula is C18H34N2S. The fraction of sp³-hybridized carbons (Fsp3) is 1.00. The van der Waals surface area contributed by atoms with Crippen molar-refractivity contribution in [1.29, 1.82) is 0 Å². The minimum absolute atomic E-state index is 0.474. The Morgan fingerprint density at radius 2 is 1.76 bits per heavy atom. The third kappa shape index (κ3) is 3.45. The molecule has 3 aliphatic rings. The van der Waals surface area contributed by atoms with E-state index >= 15 is 0 Å². The van der Waals surface area contributed by atoms with Crippen LogP contribution in [0.3, 0.4) is 0 Å². The minimum Gasteiger partial charge on any atom is -0.308 e. The quantitative estimate of drug-likeness (QED) is 0.851. The van der Waals surface area contributed by atoms with Crippen LogP contribution in [0.4, 0.5) is 0 Å². The standard InChI is InChI=1S/C18H34N2S/c1-14(2)17-12-19-18(10-4-5-11-18)13-20(17)15-6-8-16(21-3)9-7-15/h14-17,19H,4-13H2,1-3H3. The molecule has 0 bridgehead atoms. The van der Waals surface area contributed by atoms with Crippen molar-refractivity contribution in [2.24, 2.45) is 5.92 Å². The molecule has 0 aromatic rings. The Labute approximate surface area is 135 Å². The smallest absolute Gasteiger partial charge is 0.0309 e. The Hall–Kier alpha value is 0.270. The van der Waals surface area contributed by atoms with Gasteiger partial charge in [0.1, 0.15) is 0 Å². The molecule has 1 aliphatic heterocycles. The van der Waals surface area contributed by atoms with Crippen molar-refractivity contribution in [1.82, 2.24) is 10.2 Å². The maximum Gasteiger partial charge on any atom is 0.0309 e. The lowest BCUT2D eigenvalue weighted by molar-refractivity contribution is 0.00990. The number of nitrogens with zero attached hydrogens (tertiary/aromatic N) is 1. The number of hydrogen-bond acceptors (Lipinski definition) is 3. The Kier molecular flexibility index (Phi) is 5.23. The first kappa shape index (κ1) is 16.1. The Morgan fingerprint density at radius 1 is 1.10 bits per heavy atom. The van der Waals surface area contributed by atoms with Gasteiger partial charge in [-0.2, -0.15) is 11.8 Å². The number of nitrogens with one attached hydrogen (secondary N) is 1. The van der Waals surface area contributed by atoms with E-state index in [-0.39, 0.29) is 0 Å². The molecule has 3 rings (SSSR count). The van der Waals surface area contributed by atoms with Crippen LogP contribution in [-0.2, 0) is 0 Å². The number of hydrogen-bond donors (Lipinski definition) is 1. The molecule has 2 saturated carbocycles. The highest BCUT2D eigenvalue weighted by Gasteiger charge is 2.44. The lowest BCUT2D eigenvalue weighted by Crippen LogP contribution is -2.66. The van der Waals surface area contributed by atoms with Crippen LogP contribution in [0.15, 0.2) is 0 Å². The summed E-state index contributed by atoms with van der Waals surface area (Å²) in [5.74, 6) is 0.773. The highest BCUT2D eigenvalue weighted by atomic mass is 32.2. The van der Waals surface area contributed by atoms with E-state index in [2.05, 4.69) is 42.1 Å². The molecule has 3 heteroatoms. The van der Waals surface area contributed by atoms with Crippen LogP contribution >= 0.6 is 11.8 Å². The fourth-order valence-corrected chi connectivity index (χ4v) is 5.72. The summed E-state index contributed by atoms with van der Waals surface area (Å²) in [5, 5.41) is 4.90. The van der Waals surface area contributed by atoms with Gasteiger partial charge in [-0.1, -0.05) is 26.7 Å². The molecule has 1 atom stereocenters. The predicted molar refractivity (Wildman–Crippen MR) is 94.1 cm³/mol. The molecule has 2 aliphatic carbocycles. The summed E-state index contributed by atoms with van der Waals surface area (Å²) >= 11 is 2.09. The summed E-state index contributed by atoms with van der Waals surface area (Å²) in [7, 11) is 0. The van der Waals surface area contributed by atoms with Crippen LogP contribution in [-0.4, -0.2) is 47.1 Å². The Morgan fingerprint density at radius 3 is 2.33 bits per heavy atom. The van der Waals surface area contributed by atoms with Gasteiger partial charge in [0.15, 0.2) is 0 Å². The minimum atomic E-state index is 0.474. The first-order valence-electron chi connectivity index (χ1n) is 9.17. The van der Waals surface area contributed by atoms with E-state index in [0.29, 0.717) is 5.54 Å². The largest absolute Gasteiger partial charge is 0.308 e. The van der Waals surface area contributed by atoms with Crippen molar-refractivity contribution in [3.05, 3.63) is 0 Å². The van der Waals surface area contributed by atoms with Gasteiger partial charge in [0, 0.05) is 36.0 Å². The topological polar surface area (TPSA) is 15.3 Å². The summed E-state index contributed by atoms with van der Waals surface area (Å²) in [4.78, 5) is 2.95. The third-order valence-electron chi connectivity index (χ3n) is 6.37. The van der Waals surface area contributed by atoms with Crippen LogP contribution < -0.4 is 5.32 Å². The zero-order valence-corrected chi connectivity index (χ0v) is 15.1. The Balaban J connectivity index is 1.69. The van der Waals surface area contributed by atoms with Gasteiger partial charge in [-0.25, -0.2) is 0 Å². The number of thioether (sulfide) groups is 1. The molecule has 0 aromatic heterocycles. The average Bonchev–Trinajstić information content (AvgIpc) is 2.95. The first-order valence-corrected chi connectivity index (χ1v) is 10.5. The van der Waals surface area contributed by atoms with Crippen molar-refractivity contribution in [2.45, 2.75) is 88.1 Å². The van der Waals surface area contributed by atoms with Crippen molar-refractivity contribution >= 4 is 11.8 Å². The molecule has 1 heterocycles. The van der Waals surface area contributed by atoms with Gasteiger partial charge in [0.2, 0.25) is 0 Å². The van der Waals surface area contributed by atoms with E-state index in [1.165, 1.54) is 64.5 Å². The molecule has 21 heavy (non-hydrogen) atoms. The van der Waals surface area contributed by atoms with Crippen LogP contribution in [0.25, 0.3) is 0 Å². The SMILES string of the molecule is CSC1CCC(N2CC3(CCCC3)NCC2C(C)C)CC1. The second kappa shape index (κ2) is 6.80. The normalized spacial score (nSPS) is 37.4. The summed E-state index contributed by atoms with van der Waals surface area (Å²) < 4.78 is 0. The van der Waals surface area contributed by atoms with E-state index in [0.717, 1.165) is 23.3 Å². The lowest BCUT2D eigenvalue weighted by Gasteiger charge is -2.52. The van der Waals surface area contributed by atoms with E-state index < -0.39 is 0 Å². The molecule has 0 radical (unpaired) electrons. The molecule has 2 nitrogen and oxygen atoms in total. The molecule has 1 unspecified atom stereocenters. The molecule has 0 amide bonds. The third-order valence-corrected chi connectivity index (χ3v) is 7.51. The Bertz CT molecular complexity index is 330. The van der Waals surface area contributed by atoms with Crippen LogP contribution in [0.1, 0.15) is 65.2 Å². The van der Waals surface area contributed by atoms with Crippen molar-refractivity contribution in [2.75, 3.05) is 19.3 Å². The highest BCUT2D eigenvalue weighted by molar-refractivity contribution is 7.99. The molecule has 0 aromatic carbocycles. The second-order valence-electron chi connectivity index (χ2n) is 8.02. The van der Waals surface area contributed by atoms with Gasteiger partial charge in [-0.05, 0) is 50.7 Å². The summed E-state index contributed by atoms with van der Waals surface area (Å²) in [6.45, 7) is 7.38. The summed E-state index contributed by atoms with van der Waals surface area (Å²) in [6.07, 6.45) is 13.7. The van der Waals surface area contributed by atoms with Crippen LogP contribution in [0, 0.1) is 5.92 Å². The van der Waals surface area contributed by atoms with E-state index in [9.17, 15) is 0 Å². The van der Waals surface area contributed by atoms with Gasteiger partial charge >= 0.3 is 0 Å². The van der Waals surface area contributed by atoms with Crippen LogP contribution in [0.2, 0.25) is 0 Å². The van der Waals surface area contributed by atoms with E-state index in [1.54, 1.807) is 0 Å². The zero-order valence-electron chi connectivity index (χ0n) is 14.2. The van der Waals surface area contributed by atoms with Gasteiger partial charge in [0.25, 0.3) is 0 Å². The van der Waals surface area contributed by atoms with Crippen molar-refractivity contribution in [3.63, 3.8) is 0 Å². The van der Waals surface area contributed by atoms with Gasteiger partial charge in [-0.15, -0.1) is 0 Å². The van der Waals surface area contributed by atoms with Gasteiger partial charge in [-0.3, -0.25) is 4.90 Å². The fourth-order valence-electron chi connectivity index (χ4n) is 4.98. The monoisotopic (exact) mass is 310 g/mol. The summed E-state index contributed by atoms with van der Waals surface area (Å²) in [6, 6.07) is 1.62. The lowest BCUT2D eigenvalue weighted by atomic mass is 9.84. The van der Waals surface area contributed by atoms with Crippen molar-refractivity contribution in [3.8, 4) is 0 Å². The molecular weight excluding hydrogens is 276 g/mol. The van der Waals surface area contributed by atoms with Gasteiger partial charge < -0.3 is 5.32 Å². The van der Waals surface area contributed by atoms with E-state index in [4.69, 9.17) is 0 Å². The maximum absolute atomic E-state index is 3.97. The molecule has 1 spiro atoms. The second-order valence-corrected chi connectivity index (χ2v) is 9.16. The molecule has 3 fully saturated rings. The van der Waals surface area contributed by atoms with Crippen LogP contribution in [0.5, 0.6) is 0 Å². The molecule has 122 valence electrons. The highest BCUT2D eigenvalue weighted by Crippen LogP contribution is 2.38. The maximum atomic E-state index is 3.97. The molecule has 1 N–H and O–H groups in total. The van der Waals surface area contributed by atoms with Gasteiger partial charge in [0.05, 0.1) is 0 Å². The number of piperazine rings is 1.